The van der Waals surface area contributed by atoms with Crippen molar-refractivity contribution in [2.24, 2.45) is 17.6 Å². The molecule has 4 atom stereocenters. The average molecular weight is 225 g/mol. The Balaban J connectivity index is 1.81. The third kappa shape index (κ3) is 1.18. The van der Waals surface area contributed by atoms with Gasteiger partial charge in [0.1, 0.15) is 0 Å². The van der Waals surface area contributed by atoms with E-state index in [0.29, 0.717) is 29.1 Å². The van der Waals surface area contributed by atoms with E-state index in [-0.39, 0.29) is 0 Å². The zero-order valence-corrected chi connectivity index (χ0v) is 9.22. The first kappa shape index (κ1) is 9.36. The van der Waals surface area contributed by atoms with Crippen LogP contribution >= 0.6 is 11.6 Å². The van der Waals surface area contributed by atoms with Gasteiger partial charge in [-0.25, -0.2) is 0 Å². The van der Waals surface area contributed by atoms with Crippen LogP contribution in [0.15, 0.2) is 12.3 Å². The highest BCUT2D eigenvalue weighted by Gasteiger charge is 2.56. The van der Waals surface area contributed by atoms with E-state index in [0.717, 1.165) is 12.2 Å². The maximum absolute atomic E-state index is 6.00. The van der Waals surface area contributed by atoms with Gasteiger partial charge < -0.3 is 10.6 Å². The van der Waals surface area contributed by atoms with Crippen LogP contribution in [0, 0.1) is 11.8 Å². The molecule has 0 amide bonds. The van der Waals surface area contributed by atoms with Crippen molar-refractivity contribution in [3.8, 4) is 0 Å². The van der Waals surface area contributed by atoms with Crippen LogP contribution in [0.4, 0.5) is 5.69 Å². The lowest BCUT2D eigenvalue weighted by atomic mass is 9.60. The predicted molar refractivity (Wildman–Crippen MR) is 58.8 cm³/mol. The molecule has 0 bridgehead atoms. The number of fused-ring (bicyclic) bond motifs is 1. The van der Waals surface area contributed by atoms with E-state index in [4.69, 9.17) is 17.3 Å². The first-order chi connectivity index (χ1) is 7.18. The Morgan fingerprint density at radius 1 is 1.60 bits per heavy atom. The number of nitrogens with zero attached hydrogens (tertiary/aromatic N) is 3. The summed E-state index contributed by atoms with van der Waals surface area (Å²) in [6.45, 7) is 3.23. The van der Waals surface area contributed by atoms with E-state index in [9.17, 15) is 0 Å². The molecule has 3 rings (SSSR count). The first-order valence-electron chi connectivity index (χ1n) is 5.19. The molecular formula is C10H13ClN4. The molecule has 0 radical (unpaired) electrons. The second kappa shape index (κ2) is 3.06. The minimum Gasteiger partial charge on any atom is -0.366 e. The van der Waals surface area contributed by atoms with Gasteiger partial charge in [0.25, 0.3) is 0 Å². The second-order valence-electron chi connectivity index (χ2n) is 4.48. The van der Waals surface area contributed by atoms with Gasteiger partial charge in [0.05, 0.1) is 11.9 Å². The van der Waals surface area contributed by atoms with E-state index in [1.807, 2.05) is 6.07 Å². The summed E-state index contributed by atoms with van der Waals surface area (Å²) >= 11 is 5.81. The van der Waals surface area contributed by atoms with Gasteiger partial charge in [0.15, 0.2) is 5.15 Å². The minimum absolute atomic E-state index is 0.372. The van der Waals surface area contributed by atoms with Gasteiger partial charge in [0.2, 0.25) is 0 Å². The summed E-state index contributed by atoms with van der Waals surface area (Å²) in [6, 6.07) is 2.82. The molecule has 0 spiro atoms. The molecule has 1 saturated heterocycles. The lowest BCUT2D eigenvalue weighted by Gasteiger charge is -2.64. The van der Waals surface area contributed by atoms with Crippen molar-refractivity contribution in [2.75, 3.05) is 11.4 Å². The molecule has 15 heavy (non-hydrogen) atoms. The van der Waals surface area contributed by atoms with Crippen molar-refractivity contribution in [3.63, 3.8) is 0 Å². The third-order valence-electron chi connectivity index (χ3n) is 3.79. The molecule has 2 heterocycles. The molecule has 2 N–H and O–H groups in total. The number of piperidine rings is 1. The van der Waals surface area contributed by atoms with Gasteiger partial charge >= 0.3 is 0 Å². The van der Waals surface area contributed by atoms with E-state index < -0.39 is 0 Å². The van der Waals surface area contributed by atoms with Gasteiger partial charge in [0, 0.05) is 30.6 Å². The summed E-state index contributed by atoms with van der Waals surface area (Å²) in [5, 5.41) is 8.05. The normalized spacial score (nSPS) is 37.9. The number of rotatable bonds is 1. The largest absolute Gasteiger partial charge is 0.366 e. The SMILES string of the molecule is CC1C(N)C2CN(c3cnnc(Cl)c3)C12. The smallest absolute Gasteiger partial charge is 0.153 e. The van der Waals surface area contributed by atoms with Crippen molar-refractivity contribution in [2.45, 2.75) is 19.0 Å². The Morgan fingerprint density at radius 3 is 3.07 bits per heavy atom. The van der Waals surface area contributed by atoms with Crippen LogP contribution in [0.1, 0.15) is 6.92 Å². The fourth-order valence-electron chi connectivity index (χ4n) is 2.81. The summed E-state index contributed by atoms with van der Waals surface area (Å²) < 4.78 is 0. The molecular weight excluding hydrogens is 212 g/mol. The molecule has 4 unspecified atom stereocenters. The van der Waals surface area contributed by atoms with Gasteiger partial charge in [-0.05, 0) is 5.92 Å². The van der Waals surface area contributed by atoms with Crippen LogP contribution < -0.4 is 10.6 Å². The van der Waals surface area contributed by atoms with Crippen molar-refractivity contribution in [3.05, 3.63) is 17.4 Å². The summed E-state index contributed by atoms with van der Waals surface area (Å²) in [5.41, 5.74) is 7.06. The highest BCUT2D eigenvalue weighted by Crippen LogP contribution is 2.47. The van der Waals surface area contributed by atoms with Crippen molar-refractivity contribution in [1.82, 2.24) is 10.2 Å². The highest BCUT2D eigenvalue weighted by atomic mass is 35.5. The van der Waals surface area contributed by atoms with Crippen molar-refractivity contribution >= 4 is 17.3 Å². The van der Waals surface area contributed by atoms with Gasteiger partial charge in [-0.15, -0.1) is 5.10 Å². The lowest BCUT2D eigenvalue weighted by molar-refractivity contribution is 0.0472. The molecule has 1 saturated carbocycles. The zero-order valence-electron chi connectivity index (χ0n) is 8.47. The molecule has 1 aliphatic heterocycles. The first-order valence-corrected chi connectivity index (χ1v) is 5.57. The number of hydrogen-bond acceptors (Lipinski definition) is 4. The number of hydrogen-bond donors (Lipinski definition) is 1. The van der Waals surface area contributed by atoms with Crippen LogP contribution in [0.25, 0.3) is 0 Å². The van der Waals surface area contributed by atoms with Crippen LogP contribution in [-0.4, -0.2) is 28.8 Å². The zero-order chi connectivity index (χ0) is 10.6. The Morgan fingerprint density at radius 2 is 2.40 bits per heavy atom. The van der Waals surface area contributed by atoms with Crippen LogP contribution in [-0.2, 0) is 0 Å². The second-order valence-corrected chi connectivity index (χ2v) is 4.87. The summed E-state index contributed by atoms with van der Waals surface area (Å²) in [4.78, 5) is 2.32. The summed E-state index contributed by atoms with van der Waals surface area (Å²) in [5.74, 6) is 1.22. The number of nitrogens with two attached hydrogens (primary N) is 1. The summed E-state index contributed by atoms with van der Waals surface area (Å²) in [7, 11) is 0. The Kier molecular flexibility index (Phi) is 1.91. The molecule has 2 aliphatic rings. The molecule has 5 heteroatoms. The fraction of sp³-hybridized carbons (Fsp3) is 0.600. The summed E-state index contributed by atoms with van der Waals surface area (Å²) in [6.07, 6.45) is 1.76. The molecule has 2 fully saturated rings. The van der Waals surface area contributed by atoms with E-state index in [1.54, 1.807) is 6.20 Å². The maximum Gasteiger partial charge on any atom is 0.153 e. The Hall–Kier alpha value is -0.870. The van der Waals surface area contributed by atoms with Gasteiger partial charge in [-0.3, -0.25) is 0 Å². The molecule has 1 aliphatic carbocycles. The van der Waals surface area contributed by atoms with Crippen LogP contribution in [0.2, 0.25) is 5.15 Å². The van der Waals surface area contributed by atoms with Crippen molar-refractivity contribution in [1.29, 1.82) is 0 Å². The quantitative estimate of drug-likeness (QED) is 0.771. The molecule has 1 aromatic heterocycles. The minimum atomic E-state index is 0.372. The Labute approximate surface area is 93.4 Å². The lowest BCUT2D eigenvalue weighted by Crippen LogP contribution is -2.76. The third-order valence-corrected chi connectivity index (χ3v) is 3.97. The van der Waals surface area contributed by atoms with E-state index >= 15 is 0 Å². The van der Waals surface area contributed by atoms with Gasteiger partial charge in [-0.1, -0.05) is 18.5 Å². The van der Waals surface area contributed by atoms with E-state index in [2.05, 4.69) is 22.0 Å². The van der Waals surface area contributed by atoms with Crippen molar-refractivity contribution < 1.29 is 0 Å². The average Bonchev–Trinajstić information content (AvgIpc) is 2.16. The number of anilines is 1. The highest BCUT2D eigenvalue weighted by molar-refractivity contribution is 6.29. The van der Waals surface area contributed by atoms with E-state index in [1.165, 1.54) is 0 Å². The monoisotopic (exact) mass is 224 g/mol. The molecule has 0 aromatic carbocycles. The fourth-order valence-corrected chi connectivity index (χ4v) is 2.97. The standard InChI is InChI=1S/C10H13ClN4/c1-5-9(12)7-4-15(10(5)7)6-2-8(11)14-13-3-6/h2-3,5,7,9-10H,4,12H2,1H3. The topological polar surface area (TPSA) is 55.0 Å². The predicted octanol–water partition coefficient (Wildman–Crippen LogP) is 0.912. The Bertz CT molecular complexity index is 391. The van der Waals surface area contributed by atoms with Crippen LogP contribution in [0.5, 0.6) is 0 Å². The molecule has 4 nitrogen and oxygen atoms in total. The van der Waals surface area contributed by atoms with Gasteiger partial charge in [-0.2, -0.15) is 5.10 Å². The molecule has 1 aromatic rings. The molecule has 80 valence electrons. The number of aromatic nitrogens is 2. The van der Waals surface area contributed by atoms with Crippen LogP contribution in [0.3, 0.4) is 0 Å². The number of halogens is 1. The maximum atomic E-state index is 6.00.